The van der Waals surface area contributed by atoms with Gasteiger partial charge in [0.2, 0.25) is 10.0 Å². The van der Waals surface area contributed by atoms with Crippen molar-refractivity contribution in [3.63, 3.8) is 0 Å². The first kappa shape index (κ1) is 32.8. The van der Waals surface area contributed by atoms with E-state index in [9.17, 15) is 23.1 Å². The summed E-state index contributed by atoms with van der Waals surface area (Å²) in [5.41, 5.74) is 0.692. The number of hydrogen-bond acceptors (Lipinski definition) is 7. The van der Waals surface area contributed by atoms with E-state index >= 15 is 0 Å². The maximum absolute atomic E-state index is 14.0. The SMILES string of the molecule is CC(C)NC(=O)Nc1ccc2c(c1)C(=O)N([C@@H](C)CO)C[C@H](C)[C@@H](CN(C)S(C)(=O)=O)OCCCC[C@H](C)O2. The first-order valence-corrected chi connectivity index (χ1v) is 15.4. The lowest BCUT2D eigenvalue weighted by Crippen LogP contribution is -2.48. The molecule has 0 aromatic heterocycles. The van der Waals surface area contributed by atoms with Crippen LogP contribution in [0.2, 0.25) is 0 Å². The fourth-order valence-corrected chi connectivity index (χ4v) is 4.70. The molecule has 0 saturated carbocycles. The van der Waals surface area contributed by atoms with Crippen molar-refractivity contribution in [2.75, 3.05) is 44.9 Å². The summed E-state index contributed by atoms with van der Waals surface area (Å²) in [6.45, 7) is 9.82. The van der Waals surface area contributed by atoms with Gasteiger partial charge in [0.15, 0.2) is 0 Å². The second kappa shape index (κ2) is 14.8. The van der Waals surface area contributed by atoms with E-state index in [4.69, 9.17) is 9.47 Å². The molecule has 0 spiro atoms. The van der Waals surface area contributed by atoms with E-state index in [1.165, 1.54) is 11.4 Å². The Balaban J connectivity index is 2.49. The third-order valence-electron chi connectivity index (χ3n) is 6.73. The first-order valence-electron chi connectivity index (χ1n) is 13.6. The van der Waals surface area contributed by atoms with Gasteiger partial charge in [-0.3, -0.25) is 4.79 Å². The zero-order valence-electron chi connectivity index (χ0n) is 24.3. The molecule has 0 bridgehead atoms. The summed E-state index contributed by atoms with van der Waals surface area (Å²) in [6.07, 6.45) is 2.84. The quantitative estimate of drug-likeness (QED) is 0.458. The van der Waals surface area contributed by atoms with Crippen LogP contribution in [0.5, 0.6) is 5.75 Å². The van der Waals surface area contributed by atoms with Gasteiger partial charge in [0, 0.05) is 44.4 Å². The highest BCUT2D eigenvalue weighted by atomic mass is 32.2. The molecule has 1 aliphatic heterocycles. The summed E-state index contributed by atoms with van der Waals surface area (Å²) in [4.78, 5) is 27.9. The van der Waals surface area contributed by atoms with Crippen LogP contribution in [0.15, 0.2) is 18.2 Å². The highest BCUT2D eigenvalue weighted by Gasteiger charge is 2.31. The maximum atomic E-state index is 14.0. The molecule has 39 heavy (non-hydrogen) atoms. The summed E-state index contributed by atoms with van der Waals surface area (Å²) < 4.78 is 37.8. The van der Waals surface area contributed by atoms with Gasteiger partial charge in [0.25, 0.3) is 5.91 Å². The lowest BCUT2D eigenvalue weighted by Gasteiger charge is -2.35. The lowest BCUT2D eigenvalue weighted by molar-refractivity contribution is -0.00828. The monoisotopic (exact) mass is 570 g/mol. The molecule has 222 valence electrons. The van der Waals surface area contributed by atoms with Crippen molar-refractivity contribution in [3.05, 3.63) is 23.8 Å². The average molecular weight is 571 g/mol. The zero-order valence-corrected chi connectivity index (χ0v) is 25.1. The minimum atomic E-state index is -3.43. The molecule has 1 heterocycles. The average Bonchev–Trinajstić information content (AvgIpc) is 2.84. The second-order valence-electron chi connectivity index (χ2n) is 10.8. The minimum Gasteiger partial charge on any atom is -0.490 e. The number of benzene rings is 1. The van der Waals surface area contributed by atoms with E-state index in [0.29, 0.717) is 18.0 Å². The number of rotatable bonds is 7. The van der Waals surface area contributed by atoms with Crippen LogP contribution >= 0.6 is 0 Å². The summed E-state index contributed by atoms with van der Waals surface area (Å²) in [7, 11) is -1.92. The van der Waals surface area contributed by atoms with Crippen LogP contribution in [0.1, 0.15) is 64.2 Å². The lowest BCUT2D eigenvalue weighted by atomic mass is 10.0. The molecule has 0 fully saturated rings. The fraction of sp³-hybridized carbons (Fsp3) is 0.704. The molecule has 1 aromatic rings. The molecule has 1 aromatic carbocycles. The van der Waals surface area contributed by atoms with Crippen LogP contribution in [0, 0.1) is 5.92 Å². The van der Waals surface area contributed by atoms with Gasteiger partial charge in [0.1, 0.15) is 5.75 Å². The molecule has 12 heteroatoms. The molecule has 0 radical (unpaired) electrons. The predicted molar refractivity (Wildman–Crippen MR) is 152 cm³/mol. The Morgan fingerprint density at radius 2 is 1.92 bits per heavy atom. The van der Waals surface area contributed by atoms with Crippen LogP contribution in [0.4, 0.5) is 10.5 Å². The molecule has 0 unspecified atom stereocenters. The largest absolute Gasteiger partial charge is 0.490 e. The summed E-state index contributed by atoms with van der Waals surface area (Å²) in [5, 5.41) is 15.5. The number of sulfonamides is 1. The number of nitrogens with one attached hydrogen (secondary N) is 2. The van der Waals surface area contributed by atoms with Crippen molar-refractivity contribution in [1.82, 2.24) is 14.5 Å². The smallest absolute Gasteiger partial charge is 0.319 e. The molecule has 3 N–H and O–H groups in total. The van der Waals surface area contributed by atoms with Crippen molar-refractivity contribution in [1.29, 1.82) is 0 Å². The van der Waals surface area contributed by atoms with Crippen LogP contribution in [0.3, 0.4) is 0 Å². The second-order valence-corrected chi connectivity index (χ2v) is 12.9. The Hall–Kier alpha value is -2.41. The number of aliphatic hydroxyl groups excluding tert-OH is 1. The highest BCUT2D eigenvalue weighted by Crippen LogP contribution is 2.28. The van der Waals surface area contributed by atoms with Crippen LogP contribution < -0.4 is 15.4 Å². The van der Waals surface area contributed by atoms with E-state index < -0.39 is 28.2 Å². The molecule has 11 nitrogen and oxygen atoms in total. The first-order chi connectivity index (χ1) is 18.2. The third-order valence-corrected chi connectivity index (χ3v) is 8.01. The van der Waals surface area contributed by atoms with Crippen molar-refractivity contribution >= 4 is 27.6 Å². The summed E-state index contributed by atoms with van der Waals surface area (Å²) >= 11 is 0. The molecular weight excluding hydrogens is 524 g/mol. The predicted octanol–water partition coefficient (Wildman–Crippen LogP) is 2.90. The molecule has 0 saturated heterocycles. The summed E-state index contributed by atoms with van der Waals surface area (Å²) in [6, 6.07) is 3.97. The van der Waals surface area contributed by atoms with Crippen molar-refractivity contribution in [2.24, 2.45) is 5.92 Å². The number of likely N-dealkylation sites (N-methyl/N-ethyl adjacent to an activating group) is 1. The molecule has 2 rings (SSSR count). The number of carbonyl (C=O) groups is 2. The number of fused-ring (bicyclic) bond motifs is 1. The Kier molecular flexibility index (Phi) is 12.5. The number of anilines is 1. The van der Waals surface area contributed by atoms with Gasteiger partial charge in [-0.15, -0.1) is 0 Å². The van der Waals surface area contributed by atoms with Crippen LogP contribution in [-0.2, 0) is 14.8 Å². The molecule has 3 amide bonds. The van der Waals surface area contributed by atoms with Crippen LogP contribution in [-0.4, -0.2) is 98.6 Å². The van der Waals surface area contributed by atoms with Crippen molar-refractivity contribution in [3.8, 4) is 5.75 Å². The number of amides is 3. The third kappa shape index (κ3) is 10.3. The number of urea groups is 1. The van der Waals surface area contributed by atoms with E-state index in [1.54, 1.807) is 30.0 Å². The highest BCUT2D eigenvalue weighted by molar-refractivity contribution is 7.88. The number of carbonyl (C=O) groups excluding carboxylic acids is 2. The Bertz CT molecular complexity index is 1070. The van der Waals surface area contributed by atoms with Gasteiger partial charge in [-0.05, 0) is 65.2 Å². The number of ether oxygens (including phenoxy) is 2. The Morgan fingerprint density at radius 3 is 2.54 bits per heavy atom. The zero-order chi connectivity index (χ0) is 29.3. The number of nitrogens with zero attached hydrogens (tertiary/aromatic N) is 2. The minimum absolute atomic E-state index is 0.0626. The van der Waals surface area contributed by atoms with E-state index in [-0.39, 0.29) is 49.2 Å². The maximum Gasteiger partial charge on any atom is 0.319 e. The topological polar surface area (TPSA) is 138 Å². The van der Waals surface area contributed by atoms with E-state index in [0.717, 1.165) is 25.5 Å². The molecule has 4 atom stereocenters. The van der Waals surface area contributed by atoms with Crippen LogP contribution in [0.25, 0.3) is 0 Å². The van der Waals surface area contributed by atoms with Gasteiger partial charge in [-0.2, -0.15) is 0 Å². The van der Waals surface area contributed by atoms with Crippen molar-refractivity contribution in [2.45, 2.75) is 78.2 Å². The normalized spacial score (nSPS) is 22.6. The number of hydrogen-bond donors (Lipinski definition) is 3. The standard InChI is InChI=1S/C27H46N4O7S/c1-18(2)28-27(34)29-22-11-12-24-23(14-22)26(33)31(20(4)17-32)15-19(3)25(16-30(6)39(7,35)36)37-13-9-8-10-21(5)38-24/h11-12,14,18-21,25,32H,8-10,13,15-17H2,1-7H3,(H2,28,29,34)/t19-,20-,21-,25+/m0/s1. The summed E-state index contributed by atoms with van der Waals surface area (Å²) in [5.74, 6) is -0.228. The van der Waals surface area contributed by atoms with Gasteiger partial charge in [-0.25, -0.2) is 17.5 Å². The van der Waals surface area contributed by atoms with Crippen molar-refractivity contribution < 1.29 is 32.6 Å². The number of aliphatic hydroxyl groups is 1. The Morgan fingerprint density at radius 1 is 1.23 bits per heavy atom. The Labute approximate surface area is 233 Å². The van der Waals surface area contributed by atoms with Gasteiger partial charge in [0.05, 0.1) is 36.7 Å². The van der Waals surface area contributed by atoms with E-state index in [1.807, 2.05) is 27.7 Å². The van der Waals surface area contributed by atoms with Gasteiger partial charge in [-0.1, -0.05) is 6.92 Å². The van der Waals surface area contributed by atoms with Gasteiger partial charge < -0.3 is 30.1 Å². The fourth-order valence-electron chi connectivity index (χ4n) is 4.28. The molecule has 0 aliphatic carbocycles. The van der Waals surface area contributed by atoms with E-state index in [2.05, 4.69) is 10.6 Å². The molecule has 1 aliphatic rings. The molecular formula is C27H46N4O7S. The van der Waals surface area contributed by atoms with Gasteiger partial charge >= 0.3 is 6.03 Å².